The van der Waals surface area contributed by atoms with E-state index in [4.69, 9.17) is 9.47 Å². The summed E-state index contributed by atoms with van der Waals surface area (Å²) >= 11 is 0. The fraction of sp³-hybridized carbons (Fsp3) is 0.733. The van der Waals surface area contributed by atoms with Crippen molar-refractivity contribution < 1.29 is 37.7 Å². The first-order chi connectivity index (χ1) is 11.2. The van der Waals surface area contributed by atoms with Crippen molar-refractivity contribution in [3.8, 4) is 5.88 Å². The van der Waals surface area contributed by atoms with Gasteiger partial charge in [0.05, 0.1) is 5.41 Å². The average Bonchev–Trinajstić information content (AvgIpc) is 3.02. The SMILES string of the molecule is CC(C)(C)OC(=O)n1ccc(OCC(O)(O)CC2(C(F)(F)F)CC2)n1. The van der Waals surface area contributed by atoms with Crippen molar-refractivity contribution in [1.82, 2.24) is 9.78 Å². The molecule has 1 aliphatic rings. The number of nitrogens with zero attached hydrogens (tertiary/aromatic N) is 2. The van der Waals surface area contributed by atoms with Gasteiger partial charge in [0.15, 0.2) is 5.79 Å². The summed E-state index contributed by atoms with van der Waals surface area (Å²) in [7, 11) is 0. The van der Waals surface area contributed by atoms with Gasteiger partial charge in [-0.3, -0.25) is 0 Å². The van der Waals surface area contributed by atoms with Crippen LogP contribution in [0.1, 0.15) is 40.0 Å². The summed E-state index contributed by atoms with van der Waals surface area (Å²) in [5.41, 5.74) is -2.80. The largest absolute Gasteiger partial charge is 0.471 e. The lowest BCUT2D eigenvalue weighted by Gasteiger charge is -2.28. The van der Waals surface area contributed by atoms with Gasteiger partial charge in [-0.2, -0.15) is 17.9 Å². The van der Waals surface area contributed by atoms with Gasteiger partial charge >= 0.3 is 12.3 Å². The molecule has 1 aromatic rings. The van der Waals surface area contributed by atoms with Gasteiger partial charge in [0.1, 0.15) is 12.2 Å². The Morgan fingerprint density at radius 1 is 1.32 bits per heavy atom. The van der Waals surface area contributed by atoms with Crippen LogP contribution in [0.2, 0.25) is 0 Å². The minimum Gasteiger partial charge on any atom is -0.471 e. The summed E-state index contributed by atoms with van der Waals surface area (Å²) in [5.74, 6) is -2.81. The van der Waals surface area contributed by atoms with Crippen molar-refractivity contribution in [3.63, 3.8) is 0 Å². The summed E-state index contributed by atoms with van der Waals surface area (Å²) in [6.45, 7) is 4.21. The van der Waals surface area contributed by atoms with Crippen LogP contribution in [0.5, 0.6) is 5.88 Å². The summed E-state index contributed by atoms with van der Waals surface area (Å²) in [6, 6.07) is 1.26. The molecule has 1 saturated carbocycles. The van der Waals surface area contributed by atoms with Crippen molar-refractivity contribution in [1.29, 1.82) is 0 Å². The maximum Gasteiger partial charge on any atom is 0.435 e. The molecule has 10 heteroatoms. The molecule has 0 bridgehead atoms. The number of rotatable bonds is 5. The molecule has 0 atom stereocenters. The Labute approximate surface area is 142 Å². The lowest BCUT2D eigenvalue weighted by atomic mass is 9.96. The molecule has 1 aliphatic carbocycles. The van der Waals surface area contributed by atoms with Gasteiger partial charge in [0.25, 0.3) is 0 Å². The minimum absolute atomic E-state index is 0.143. The van der Waals surface area contributed by atoms with Crippen LogP contribution < -0.4 is 4.74 Å². The molecule has 1 fully saturated rings. The van der Waals surface area contributed by atoms with Crippen LogP contribution in [0, 0.1) is 5.41 Å². The monoisotopic (exact) mass is 366 g/mol. The third kappa shape index (κ3) is 5.08. The van der Waals surface area contributed by atoms with Crippen molar-refractivity contribution in [2.45, 2.75) is 57.6 Å². The molecular formula is C15H21F3N2O5. The number of aromatic nitrogens is 2. The second kappa shape index (κ2) is 6.17. The quantitative estimate of drug-likeness (QED) is 0.778. The highest BCUT2D eigenvalue weighted by Gasteiger charge is 2.65. The molecule has 0 aliphatic heterocycles. The van der Waals surface area contributed by atoms with Crippen LogP contribution >= 0.6 is 0 Å². The molecule has 0 unspecified atom stereocenters. The highest BCUT2D eigenvalue weighted by atomic mass is 19.4. The van der Waals surface area contributed by atoms with Gasteiger partial charge in [0.2, 0.25) is 5.88 Å². The second-order valence-corrected chi connectivity index (χ2v) is 7.30. The molecule has 0 spiro atoms. The molecular weight excluding hydrogens is 345 g/mol. The van der Waals surface area contributed by atoms with E-state index in [1.165, 1.54) is 12.3 Å². The van der Waals surface area contributed by atoms with Gasteiger partial charge < -0.3 is 19.7 Å². The predicted molar refractivity (Wildman–Crippen MR) is 78.9 cm³/mol. The first kappa shape index (κ1) is 19.5. The Balaban J connectivity index is 1.92. The number of aliphatic hydroxyl groups is 2. The number of carbonyl (C=O) groups excluding carboxylic acids is 1. The Morgan fingerprint density at radius 2 is 1.92 bits per heavy atom. The van der Waals surface area contributed by atoms with Crippen LogP contribution in [0.15, 0.2) is 12.3 Å². The van der Waals surface area contributed by atoms with Crippen LogP contribution in [-0.4, -0.2) is 50.3 Å². The average molecular weight is 366 g/mol. The Bertz CT molecular complexity index is 630. The van der Waals surface area contributed by atoms with Gasteiger partial charge in [-0.15, -0.1) is 5.10 Å². The van der Waals surface area contributed by atoms with E-state index in [0.29, 0.717) is 0 Å². The van der Waals surface area contributed by atoms with E-state index in [-0.39, 0.29) is 18.7 Å². The molecule has 1 heterocycles. The van der Waals surface area contributed by atoms with Gasteiger partial charge in [-0.25, -0.2) is 4.79 Å². The van der Waals surface area contributed by atoms with Crippen LogP contribution in [0.3, 0.4) is 0 Å². The van der Waals surface area contributed by atoms with Crippen molar-refractivity contribution >= 4 is 6.09 Å². The number of alkyl halides is 3. The molecule has 1 aromatic heterocycles. The number of hydrogen-bond donors (Lipinski definition) is 2. The fourth-order valence-electron chi connectivity index (χ4n) is 2.29. The molecule has 142 valence electrons. The molecule has 0 radical (unpaired) electrons. The molecule has 2 N–H and O–H groups in total. The smallest absolute Gasteiger partial charge is 0.435 e. The van der Waals surface area contributed by atoms with Crippen LogP contribution in [0.4, 0.5) is 18.0 Å². The van der Waals surface area contributed by atoms with Gasteiger partial charge in [-0.1, -0.05) is 0 Å². The van der Waals surface area contributed by atoms with Gasteiger partial charge in [-0.05, 0) is 33.6 Å². The third-order valence-corrected chi connectivity index (χ3v) is 3.67. The highest BCUT2D eigenvalue weighted by Crippen LogP contribution is 2.61. The van der Waals surface area contributed by atoms with E-state index >= 15 is 0 Å². The van der Waals surface area contributed by atoms with E-state index in [0.717, 1.165) is 4.68 Å². The Hall–Kier alpha value is -1.81. The highest BCUT2D eigenvalue weighted by molar-refractivity contribution is 5.69. The Morgan fingerprint density at radius 3 is 2.40 bits per heavy atom. The van der Waals surface area contributed by atoms with Crippen LogP contribution in [-0.2, 0) is 4.74 Å². The zero-order valence-corrected chi connectivity index (χ0v) is 14.1. The van der Waals surface area contributed by atoms with Crippen LogP contribution in [0.25, 0.3) is 0 Å². The van der Waals surface area contributed by atoms with Gasteiger partial charge in [0, 0.05) is 18.7 Å². The van der Waals surface area contributed by atoms with E-state index < -0.39 is 42.1 Å². The second-order valence-electron chi connectivity index (χ2n) is 7.30. The lowest BCUT2D eigenvalue weighted by molar-refractivity contribution is -0.246. The Kier molecular flexibility index (Phi) is 4.81. The number of ether oxygens (including phenoxy) is 2. The summed E-state index contributed by atoms with van der Waals surface area (Å²) in [4.78, 5) is 11.8. The molecule has 0 aromatic carbocycles. The normalized spacial score (nSPS) is 17.3. The van der Waals surface area contributed by atoms with Crippen molar-refractivity contribution in [3.05, 3.63) is 12.3 Å². The van der Waals surface area contributed by atoms with E-state index in [1.54, 1.807) is 20.8 Å². The number of carbonyl (C=O) groups is 1. The fourth-order valence-corrected chi connectivity index (χ4v) is 2.29. The molecule has 2 rings (SSSR count). The van der Waals surface area contributed by atoms with Crippen molar-refractivity contribution in [2.24, 2.45) is 5.41 Å². The molecule has 0 amide bonds. The number of hydrogen-bond acceptors (Lipinski definition) is 6. The zero-order chi connectivity index (χ0) is 19.1. The lowest BCUT2D eigenvalue weighted by Crippen LogP contribution is -2.42. The standard InChI is InChI=1S/C15H21F3N2O5/c1-12(2,3)25-11(21)20-7-4-10(19-20)24-9-14(22,23)8-13(5-6-13)15(16,17)18/h4,7,22-23H,5-6,8-9H2,1-3H3. The van der Waals surface area contributed by atoms with Crippen molar-refractivity contribution in [2.75, 3.05) is 6.61 Å². The molecule has 25 heavy (non-hydrogen) atoms. The zero-order valence-electron chi connectivity index (χ0n) is 14.1. The predicted octanol–water partition coefficient (Wildman–Crippen LogP) is 2.46. The summed E-state index contributed by atoms with van der Waals surface area (Å²) < 4.78 is 49.6. The minimum atomic E-state index is -4.50. The maximum atomic E-state index is 12.9. The van der Waals surface area contributed by atoms with E-state index in [9.17, 15) is 28.2 Å². The first-order valence-electron chi connectivity index (χ1n) is 7.66. The van der Waals surface area contributed by atoms with E-state index in [2.05, 4.69) is 5.10 Å². The molecule has 0 saturated heterocycles. The third-order valence-electron chi connectivity index (χ3n) is 3.67. The maximum absolute atomic E-state index is 12.9. The summed E-state index contributed by atoms with van der Waals surface area (Å²) in [6.07, 6.45) is -5.20. The van der Waals surface area contributed by atoms with E-state index in [1.807, 2.05) is 0 Å². The molecule has 7 nitrogen and oxygen atoms in total. The summed E-state index contributed by atoms with van der Waals surface area (Å²) in [5, 5.41) is 23.3. The first-order valence-corrected chi connectivity index (χ1v) is 7.66. The number of halogens is 3. The topological polar surface area (TPSA) is 93.8 Å².